The molecule has 3 aromatic rings. The summed E-state index contributed by atoms with van der Waals surface area (Å²) >= 11 is 0. The summed E-state index contributed by atoms with van der Waals surface area (Å²) in [4.78, 5) is 0. The van der Waals surface area contributed by atoms with Crippen LogP contribution >= 0.6 is 0 Å². The van der Waals surface area contributed by atoms with Gasteiger partial charge in [-0.25, -0.2) is 12.7 Å². The molecule has 1 aliphatic heterocycles. The number of nitrogens with zero attached hydrogens (tertiary/aromatic N) is 3. The van der Waals surface area contributed by atoms with Gasteiger partial charge in [0.1, 0.15) is 11.4 Å². The molecule has 0 bridgehead atoms. The Bertz CT molecular complexity index is 1250. The summed E-state index contributed by atoms with van der Waals surface area (Å²) < 4.78 is 25.3. The molecule has 154 valence electrons. The second-order valence-electron chi connectivity index (χ2n) is 7.42. The molecule has 0 aliphatic carbocycles. The van der Waals surface area contributed by atoms with Gasteiger partial charge >= 0.3 is 0 Å². The van der Waals surface area contributed by atoms with Crippen molar-refractivity contribution in [2.45, 2.75) is 18.9 Å². The van der Waals surface area contributed by atoms with Gasteiger partial charge in [0.05, 0.1) is 6.26 Å². The van der Waals surface area contributed by atoms with Crippen LogP contribution in [0.1, 0.15) is 18.4 Å². The fourth-order valence-electron chi connectivity index (χ4n) is 3.79. The normalized spacial score (nSPS) is 17.5. The Kier molecular flexibility index (Phi) is 5.33. The molecule has 30 heavy (non-hydrogen) atoms. The van der Waals surface area contributed by atoms with Crippen molar-refractivity contribution in [3.05, 3.63) is 48.0 Å². The molecule has 2 aromatic carbocycles. The Morgan fingerprint density at radius 3 is 2.67 bits per heavy atom. The molecule has 1 fully saturated rings. The number of anilines is 1. The van der Waals surface area contributed by atoms with E-state index in [1.54, 1.807) is 12.1 Å². The van der Waals surface area contributed by atoms with Gasteiger partial charge in [0.2, 0.25) is 10.0 Å². The molecule has 0 spiro atoms. The van der Waals surface area contributed by atoms with E-state index in [2.05, 4.69) is 21.4 Å². The Labute approximate surface area is 175 Å². The van der Waals surface area contributed by atoms with Crippen molar-refractivity contribution >= 4 is 26.6 Å². The van der Waals surface area contributed by atoms with Crippen molar-refractivity contribution < 1.29 is 13.5 Å². The summed E-state index contributed by atoms with van der Waals surface area (Å²) in [5, 5.41) is 24.2. The maximum atomic E-state index is 11.9. The van der Waals surface area contributed by atoms with Gasteiger partial charge in [-0.15, -0.1) is 16.6 Å². The summed E-state index contributed by atoms with van der Waals surface area (Å²) in [5.41, 5.74) is 1.68. The number of aromatic nitrogens is 2. The fraction of sp³-hybridized carbons (Fsp3) is 0.273. The van der Waals surface area contributed by atoms with E-state index in [4.69, 9.17) is 6.42 Å². The number of rotatable bonds is 4. The highest BCUT2D eigenvalue weighted by Gasteiger charge is 2.26. The zero-order valence-corrected chi connectivity index (χ0v) is 17.4. The number of phenolic OH excluding ortho intramolecular Hbond substituents is 1. The summed E-state index contributed by atoms with van der Waals surface area (Å²) in [5.74, 6) is 3.13. The van der Waals surface area contributed by atoms with Crippen LogP contribution in [0, 0.1) is 12.3 Å². The van der Waals surface area contributed by atoms with Crippen molar-refractivity contribution in [2.75, 3.05) is 24.7 Å². The van der Waals surface area contributed by atoms with Crippen LogP contribution in [-0.2, 0) is 10.0 Å². The first-order valence-corrected chi connectivity index (χ1v) is 11.5. The molecular weight excluding hydrogens is 400 g/mol. The van der Waals surface area contributed by atoms with Crippen molar-refractivity contribution in [2.24, 2.45) is 0 Å². The van der Waals surface area contributed by atoms with E-state index >= 15 is 0 Å². The highest BCUT2D eigenvalue weighted by atomic mass is 32.2. The minimum Gasteiger partial charge on any atom is -0.507 e. The van der Waals surface area contributed by atoms with Gasteiger partial charge in [-0.05, 0) is 31.0 Å². The van der Waals surface area contributed by atoms with Crippen molar-refractivity contribution in [3.63, 3.8) is 0 Å². The lowest BCUT2D eigenvalue weighted by molar-refractivity contribution is 0.329. The van der Waals surface area contributed by atoms with Gasteiger partial charge in [-0.3, -0.25) is 0 Å². The first kappa shape index (κ1) is 20.1. The molecule has 2 heterocycles. The van der Waals surface area contributed by atoms with E-state index in [0.29, 0.717) is 35.7 Å². The Morgan fingerprint density at radius 1 is 1.20 bits per heavy atom. The lowest BCUT2D eigenvalue weighted by Gasteiger charge is -2.31. The quantitative estimate of drug-likeness (QED) is 0.628. The van der Waals surface area contributed by atoms with Crippen LogP contribution in [0.4, 0.5) is 5.82 Å². The minimum atomic E-state index is -3.23. The number of hydrogen-bond acceptors (Lipinski definition) is 6. The second kappa shape index (κ2) is 7.94. The number of sulfonamides is 1. The third kappa shape index (κ3) is 3.95. The molecule has 8 heteroatoms. The van der Waals surface area contributed by atoms with E-state index < -0.39 is 10.0 Å². The molecule has 1 atom stereocenters. The molecule has 1 aliphatic rings. The number of aromatic hydroxyl groups is 1. The maximum Gasteiger partial charge on any atom is 0.211 e. The number of piperidine rings is 1. The Balaban J connectivity index is 1.71. The number of hydrogen-bond donors (Lipinski definition) is 2. The lowest BCUT2D eigenvalue weighted by atomic mass is 10.0. The van der Waals surface area contributed by atoms with Crippen LogP contribution in [0.15, 0.2) is 42.5 Å². The van der Waals surface area contributed by atoms with E-state index in [-0.39, 0.29) is 11.8 Å². The molecular formula is C22H22N4O3S. The average Bonchev–Trinajstić information content (AvgIpc) is 2.74. The van der Waals surface area contributed by atoms with Crippen LogP contribution in [0.2, 0.25) is 0 Å². The van der Waals surface area contributed by atoms with E-state index in [0.717, 1.165) is 23.6 Å². The predicted molar refractivity (Wildman–Crippen MR) is 118 cm³/mol. The van der Waals surface area contributed by atoms with Gasteiger partial charge in [-0.1, -0.05) is 30.2 Å². The SMILES string of the molecule is C#Cc1ccc(-c2nnc(N[C@@H]3CCCN(S(C)(=O)=O)C3)c3ccccc23)c(O)c1. The molecule has 4 rings (SSSR count). The van der Waals surface area contributed by atoms with Crippen LogP contribution in [0.25, 0.3) is 22.0 Å². The Hall–Kier alpha value is -3.15. The zero-order valence-electron chi connectivity index (χ0n) is 16.5. The van der Waals surface area contributed by atoms with Crippen LogP contribution in [0.5, 0.6) is 5.75 Å². The number of fused-ring (bicyclic) bond motifs is 1. The van der Waals surface area contributed by atoms with Crippen LogP contribution < -0.4 is 5.32 Å². The van der Waals surface area contributed by atoms with E-state index in [9.17, 15) is 13.5 Å². The van der Waals surface area contributed by atoms with E-state index in [1.807, 2.05) is 24.3 Å². The van der Waals surface area contributed by atoms with Crippen molar-refractivity contribution in [1.82, 2.24) is 14.5 Å². The van der Waals surface area contributed by atoms with E-state index in [1.165, 1.54) is 16.6 Å². The molecule has 7 nitrogen and oxygen atoms in total. The third-order valence-corrected chi connectivity index (χ3v) is 6.57. The summed E-state index contributed by atoms with van der Waals surface area (Å²) in [6, 6.07) is 12.6. The molecule has 0 amide bonds. The third-order valence-electron chi connectivity index (χ3n) is 5.30. The zero-order chi connectivity index (χ0) is 21.3. The molecule has 1 aromatic heterocycles. The molecule has 0 saturated carbocycles. The first-order chi connectivity index (χ1) is 14.4. The standard InChI is InChI=1S/C22H22N4O3S/c1-3-15-10-11-19(20(27)13-15)21-17-8-4-5-9-18(17)22(25-24-21)23-16-7-6-12-26(14-16)30(2,28)29/h1,4-5,8-11,13,16,27H,6-7,12,14H2,2H3,(H,23,25)/t16-/m1/s1. The molecule has 1 saturated heterocycles. The average molecular weight is 423 g/mol. The number of nitrogens with one attached hydrogen (secondary N) is 1. The lowest BCUT2D eigenvalue weighted by Crippen LogP contribution is -2.44. The van der Waals surface area contributed by atoms with Crippen LogP contribution in [-0.4, -0.2) is 53.4 Å². The number of benzene rings is 2. The molecule has 2 N–H and O–H groups in total. The molecule has 0 radical (unpaired) electrons. The van der Waals surface area contributed by atoms with Gasteiger partial charge < -0.3 is 10.4 Å². The van der Waals surface area contributed by atoms with Crippen molar-refractivity contribution in [1.29, 1.82) is 0 Å². The topological polar surface area (TPSA) is 95.4 Å². The number of phenols is 1. The highest BCUT2D eigenvalue weighted by Crippen LogP contribution is 2.35. The highest BCUT2D eigenvalue weighted by molar-refractivity contribution is 7.88. The van der Waals surface area contributed by atoms with Gasteiger partial charge in [0.15, 0.2) is 5.82 Å². The summed E-state index contributed by atoms with van der Waals surface area (Å²) in [6.07, 6.45) is 8.27. The van der Waals surface area contributed by atoms with Crippen molar-refractivity contribution in [3.8, 4) is 29.4 Å². The number of terminal acetylenes is 1. The summed E-state index contributed by atoms with van der Waals surface area (Å²) in [7, 11) is -3.23. The fourth-order valence-corrected chi connectivity index (χ4v) is 4.70. The van der Waals surface area contributed by atoms with Gasteiger partial charge in [0.25, 0.3) is 0 Å². The largest absolute Gasteiger partial charge is 0.507 e. The van der Waals surface area contributed by atoms with Gasteiger partial charge in [-0.2, -0.15) is 0 Å². The Morgan fingerprint density at radius 2 is 1.97 bits per heavy atom. The smallest absolute Gasteiger partial charge is 0.211 e. The van der Waals surface area contributed by atoms with Gasteiger partial charge in [0, 0.05) is 41.0 Å². The predicted octanol–water partition coefficient (Wildman–Crippen LogP) is 2.82. The minimum absolute atomic E-state index is 0.0432. The van der Waals surface area contributed by atoms with Crippen LogP contribution in [0.3, 0.4) is 0 Å². The summed E-state index contributed by atoms with van der Waals surface area (Å²) in [6.45, 7) is 0.931. The second-order valence-corrected chi connectivity index (χ2v) is 9.41. The molecule has 0 unspecified atom stereocenters. The monoisotopic (exact) mass is 422 g/mol. The first-order valence-electron chi connectivity index (χ1n) is 9.64. The maximum absolute atomic E-state index is 11.9.